The molecule has 3 aromatic rings. The van der Waals surface area contributed by atoms with E-state index in [1.807, 2.05) is 36.4 Å². The van der Waals surface area contributed by atoms with Crippen LogP contribution in [0.3, 0.4) is 0 Å². The highest BCUT2D eigenvalue weighted by molar-refractivity contribution is 5.90. The minimum Gasteiger partial charge on any atom is -0.497 e. The van der Waals surface area contributed by atoms with Crippen LogP contribution in [0.2, 0.25) is 0 Å². The number of benzene rings is 2. The quantitative estimate of drug-likeness (QED) is 0.742. The Hall–Kier alpha value is -2.49. The zero-order valence-electron chi connectivity index (χ0n) is 12.3. The molecule has 0 fully saturated rings. The van der Waals surface area contributed by atoms with E-state index in [1.54, 1.807) is 7.11 Å². The van der Waals surface area contributed by atoms with Crippen molar-refractivity contribution in [3.05, 3.63) is 42.5 Å². The third-order valence-electron chi connectivity index (χ3n) is 3.61. The minimum atomic E-state index is 0.720. The molecule has 2 N–H and O–H groups in total. The smallest absolute Gasteiger partial charge is 0.141 e. The summed E-state index contributed by atoms with van der Waals surface area (Å²) in [5, 5.41) is 0. The molecule has 4 heteroatoms. The fourth-order valence-corrected chi connectivity index (χ4v) is 2.58. The second kappa shape index (κ2) is 5.48. The lowest BCUT2D eigenvalue weighted by molar-refractivity contribution is 0.415. The molecular formula is C17H19N3O. The zero-order valence-corrected chi connectivity index (χ0v) is 12.3. The maximum atomic E-state index is 6.06. The summed E-state index contributed by atoms with van der Waals surface area (Å²) in [6, 6.07) is 13.9. The fraction of sp³-hybridized carbons (Fsp3) is 0.235. The molecule has 3 rings (SSSR count). The van der Waals surface area contributed by atoms with Crippen LogP contribution >= 0.6 is 0 Å². The average Bonchev–Trinajstić information content (AvgIpc) is 2.88. The Kier molecular flexibility index (Phi) is 3.52. The van der Waals surface area contributed by atoms with Gasteiger partial charge in [0.2, 0.25) is 0 Å². The van der Waals surface area contributed by atoms with Crippen LogP contribution in [0.25, 0.3) is 22.4 Å². The van der Waals surface area contributed by atoms with E-state index in [-0.39, 0.29) is 0 Å². The SMILES string of the molecule is CCCn1c(-c2ccc(OC)cc2)nc2c(N)cccc21. The highest BCUT2D eigenvalue weighted by Gasteiger charge is 2.13. The van der Waals surface area contributed by atoms with E-state index < -0.39 is 0 Å². The molecule has 0 saturated heterocycles. The van der Waals surface area contributed by atoms with Crippen molar-refractivity contribution in [2.75, 3.05) is 12.8 Å². The first kappa shape index (κ1) is 13.5. The third kappa shape index (κ3) is 2.33. The van der Waals surface area contributed by atoms with Gasteiger partial charge in [0.05, 0.1) is 18.3 Å². The number of aryl methyl sites for hydroxylation is 1. The molecule has 0 atom stereocenters. The van der Waals surface area contributed by atoms with Crippen molar-refractivity contribution >= 4 is 16.7 Å². The predicted molar refractivity (Wildman–Crippen MR) is 86.4 cm³/mol. The lowest BCUT2D eigenvalue weighted by Gasteiger charge is -2.08. The van der Waals surface area contributed by atoms with E-state index in [0.29, 0.717) is 0 Å². The number of aromatic nitrogens is 2. The van der Waals surface area contributed by atoms with Crippen LogP contribution in [0.5, 0.6) is 5.75 Å². The van der Waals surface area contributed by atoms with Crippen LogP contribution in [0.15, 0.2) is 42.5 Å². The summed E-state index contributed by atoms with van der Waals surface area (Å²) >= 11 is 0. The highest BCUT2D eigenvalue weighted by Crippen LogP contribution is 2.29. The molecule has 4 nitrogen and oxygen atoms in total. The van der Waals surface area contributed by atoms with Crippen molar-refractivity contribution < 1.29 is 4.74 Å². The Morgan fingerprint density at radius 3 is 2.57 bits per heavy atom. The summed E-state index contributed by atoms with van der Waals surface area (Å²) in [5.41, 5.74) is 9.81. The lowest BCUT2D eigenvalue weighted by Crippen LogP contribution is -1.99. The number of imidazole rings is 1. The van der Waals surface area contributed by atoms with Gasteiger partial charge in [-0.3, -0.25) is 0 Å². The molecule has 1 heterocycles. The Bertz CT molecular complexity index is 760. The molecule has 0 aliphatic heterocycles. The molecular weight excluding hydrogens is 262 g/mol. The van der Waals surface area contributed by atoms with E-state index in [0.717, 1.165) is 46.8 Å². The van der Waals surface area contributed by atoms with Crippen molar-refractivity contribution in [1.29, 1.82) is 0 Å². The molecule has 0 aliphatic carbocycles. The number of ether oxygens (including phenoxy) is 1. The van der Waals surface area contributed by atoms with Crippen LogP contribution in [-0.4, -0.2) is 16.7 Å². The molecule has 0 amide bonds. The molecule has 0 unspecified atom stereocenters. The number of para-hydroxylation sites is 1. The second-order valence-corrected chi connectivity index (χ2v) is 5.03. The highest BCUT2D eigenvalue weighted by atomic mass is 16.5. The van der Waals surface area contributed by atoms with E-state index in [2.05, 4.69) is 17.6 Å². The Morgan fingerprint density at radius 2 is 1.90 bits per heavy atom. The number of fused-ring (bicyclic) bond motifs is 1. The number of nitrogens with zero attached hydrogens (tertiary/aromatic N) is 2. The summed E-state index contributed by atoms with van der Waals surface area (Å²) in [6.45, 7) is 3.08. The van der Waals surface area contributed by atoms with Gasteiger partial charge < -0.3 is 15.0 Å². The van der Waals surface area contributed by atoms with Crippen molar-refractivity contribution in [2.24, 2.45) is 0 Å². The molecule has 0 aliphatic rings. The first-order valence-corrected chi connectivity index (χ1v) is 7.13. The summed E-state index contributed by atoms with van der Waals surface area (Å²) in [6.07, 6.45) is 1.05. The standard InChI is InChI=1S/C17H19N3O/c1-3-11-20-15-6-4-5-14(18)16(15)19-17(20)12-7-9-13(21-2)10-8-12/h4-10H,3,11,18H2,1-2H3. The summed E-state index contributed by atoms with van der Waals surface area (Å²) in [5.74, 6) is 1.80. The van der Waals surface area contributed by atoms with Gasteiger partial charge in [-0.05, 0) is 42.8 Å². The van der Waals surface area contributed by atoms with E-state index in [1.165, 1.54) is 0 Å². The van der Waals surface area contributed by atoms with Crippen molar-refractivity contribution in [3.63, 3.8) is 0 Å². The molecule has 0 bridgehead atoms. The van der Waals surface area contributed by atoms with Crippen molar-refractivity contribution in [1.82, 2.24) is 9.55 Å². The van der Waals surface area contributed by atoms with Gasteiger partial charge in [-0.1, -0.05) is 13.0 Å². The minimum absolute atomic E-state index is 0.720. The van der Waals surface area contributed by atoms with Crippen LogP contribution in [0.4, 0.5) is 5.69 Å². The van der Waals surface area contributed by atoms with Gasteiger partial charge in [0.15, 0.2) is 0 Å². The second-order valence-electron chi connectivity index (χ2n) is 5.03. The van der Waals surface area contributed by atoms with Crippen LogP contribution in [-0.2, 0) is 6.54 Å². The lowest BCUT2D eigenvalue weighted by atomic mass is 10.2. The fourth-order valence-electron chi connectivity index (χ4n) is 2.58. The normalized spacial score (nSPS) is 11.0. The molecule has 0 saturated carbocycles. The maximum absolute atomic E-state index is 6.06. The van der Waals surface area contributed by atoms with E-state index in [4.69, 9.17) is 15.5 Å². The number of nitrogens with two attached hydrogens (primary N) is 1. The number of anilines is 1. The first-order valence-electron chi connectivity index (χ1n) is 7.13. The number of nitrogen functional groups attached to an aromatic ring is 1. The van der Waals surface area contributed by atoms with Crippen LogP contribution in [0.1, 0.15) is 13.3 Å². The van der Waals surface area contributed by atoms with Crippen molar-refractivity contribution in [2.45, 2.75) is 19.9 Å². The summed E-state index contributed by atoms with van der Waals surface area (Å²) in [4.78, 5) is 4.75. The van der Waals surface area contributed by atoms with Gasteiger partial charge >= 0.3 is 0 Å². The van der Waals surface area contributed by atoms with Gasteiger partial charge in [-0.15, -0.1) is 0 Å². The Labute approximate surface area is 124 Å². The number of hydrogen-bond acceptors (Lipinski definition) is 3. The van der Waals surface area contributed by atoms with E-state index in [9.17, 15) is 0 Å². The van der Waals surface area contributed by atoms with Gasteiger partial charge in [-0.25, -0.2) is 4.98 Å². The maximum Gasteiger partial charge on any atom is 0.141 e. The van der Waals surface area contributed by atoms with Crippen molar-refractivity contribution in [3.8, 4) is 17.1 Å². The van der Waals surface area contributed by atoms with Gasteiger partial charge in [-0.2, -0.15) is 0 Å². The van der Waals surface area contributed by atoms with Gasteiger partial charge in [0, 0.05) is 12.1 Å². The van der Waals surface area contributed by atoms with E-state index >= 15 is 0 Å². The zero-order chi connectivity index (χ0) is 14.8. The Balaban J connectivity index is 2.20. The molecule has 108 valence electrons. The van der Waals surface area contributed by atoms with Gasteiger partial charge in [0.25, 0.3) is 0 Å². The third-order valence-corrected chi connectivity index (χ3v) is 3.61. The number of rotatable bonds is 4. The van der Waals surface area contributed by atoms with Crippen LogP contribution in [0, 0.1) is 0 Å². The molecule has 0 spiro atoms. The topological polar surface area (TPSA) is 53.1 Å². The van der Waals surface area contributed by atoms with Crippen LogP contribution < -0.4 is 10.5 Å². The largest absolute Gasteiger partial charge is 0.497 e. The molecule has 2 aromatic carbocycles. The number of hydrogen-bond donors (Lipinski definition) is 1. The number of methoxy groups -OCH3 is 1. The summed E-state index contributed by atoms with van der Waals surface area (Å²) in [7, 11) is 1.67. The van der Waals surface area contributed by atoms with Gasteiger partial charge in [0.1, 0.15) is 17.1 Å². The average molecular weight is 281 g/mol. The predicted octanol–water partition coefficient (Wildman–Crippen LogP) is 3.70. The molecule has 1 aromatic heterocycles. The first-order chi connectivity index (χ1) is 10.2. The monoisotopic (exact) mass is 281 g/mol. The molecule has 0 radical (unpaired) electrons. The Morgan fingerprint density at radius 1 is 1.14 bits per heavy atom. The summed E-state index contributed by atoms with van der Waals surface area (Å²) < 4.78 is 7.44. The molecule has 21 heavy (non-hydrogen) atoms.